The minimum Gasteiger partial charge on any atom is -0.310 e. The third-order valence-electron chi connectivity index (χ3n) is 14.9. The molecule has 1 heterocycles. The molecule has 7 aromatic carbocycles. The summed E-state index contributed by atoms with van der Waals surface area (Å²) in [5.74, 6) is 3.26. The minimum absolute atomic E-state index is 0.0986. The Morgan fingerprint density at radius 2 is 1.12 bits per heavy atom. The van der Waals surface area contributed by atoms with Crippen LogP contribution < -0.4 is 4.90 Å². The molecule has 1 spiro atoms. The molecule has 0 radical (unpaired) electrons. The molecule has 0 saturated heterocycles. The molecule has 5 aliphatic carbocycles. The van der Waals surface area contributed by atoms with Crippen LogP contribution in [0.2, 0.25) is 0 Å². The highest BCUT2D eigenvalue weighted by Gasteiger charge is 2.61. The average molecular weight is 751 g/mol. The summed E-state index contributed by atoms with van der Waals surface area (Å²) in [5, 5.41) is 2.52. The van der Waals surface area contributed by atoms with Crippen LogP contribution in [-0.4, -0.2) is 4.57 Å². The first-order chi connectivity index (χ1) is 28.4. The fraction of sp³-hybridized carbons (Fsp3) is 0.250. The number of benzene rings is 7. The zero-order valence-electron chi connectivity index (χ0n) is 33.8. The van der Waals surface area contributed by atoms with Crippen LogP contribution in [0.3, 0.4) is 0 Å². The van der Waals surface area contributed by atoms with Crippen molar-refractivity contribution in [2.75, 3.05) is 4.90 Å². The van der Waals surface area contributed by atoms with Crippen LogP contribution in [0.25, 0.3) is 49.7 Å². The second-order valence-corrected chi connectivity index (χ2v) is 19.0. The standard InChI is InChI=1S/C56H50N2/c1-55(2,3)39-23-26-47-46-25-22-38(33-50(46)56(51(47)34-39)40-29-36-28-37(31-40)32-41(56)30-36)45-18-10-12-20-52(45)57(42-14-6-4-7-15-42)44-24-27-54-49(35-44)48-19-11-13-21-53(48)58(54)43-16-8-5-9-17-43/h4-27,33-37,40-41H,28-32H2,1-3H3. The summed E-state index contributed by atoms with van der Waals surface area (Å²) in [7, 11) is 0. The van der Waals surface area contributed by atoms with E-state index < -0.39 is 0 Å². The lowest BCUT2D eigenvalue weighted by Gasteiger charge is -2.61. The summed E-state index contributed by atoms with van der Waals surface area (Å²) in [6, 6.07) is 61.9. The van der Waals surface area contributed by atoms with Gasteiger partial charge >= 0.3 is 0 Å². The molecule has 2 heteroatoms. The van der Waals surface area contributed by atoms with Crippen molar-refractivity contribution in [3.63, 3.8) is 0 Å². The lowest BCUT2D eigenvalue weighted by Crippen LogP contribution is -2.55. The number of aromatic nitrogens is 1. The van der Waals surface area contributed by atoms with Crippen molar-refractivity contribution in [3.05, 3.63) is 180 Å². The zero-order chi connectivity index (χ0) is 38.8. The molecule has 0 amide bonds. The van der Waals surface area contributed by atoms with Crippen molar-refractivity contribution < 1.29 is 0 Å². The third-order valence-corrected chi connectivity index (χ3v) is 14.9. The summed E-state index contributed by atoms with van der Waals surface area (Å²) < 4.78 is 2.40. The lowest BCUT2D eigenvalue weighted by atomic mass is 9.43. The highest BCUT2D eigenvalue weighted by Crippen LogP contribution is 2.70. The van der Waals surface area contributed by atoms with Gasteiger partial charge in [0.2, 0.25) is 0 Å². The summed E-state index contributed by atoms with van der Waals surface area (Å²) in [4.78, 5) is 2.49. The quantitative estimate of drug-likeness (QED) is 0.170. The smallest absolute Gasteiger partial charge is 0.0542 e. The molecule has 8 aromatic rings. The van der Waals surface area contributed by atoms with Crippen LogP contribution in [0.5, 0.6) is 0 Å². The Balaban J connectivity index is 1.05. The Kier molecular flexibility index (Phi) is 7.41. The predicted octanol–water partition coefficient (Wildman–Crippen LogP) is 14.9. The normalized spacial score (nSPS) is 22.8. The summed E-state index contributed by atoms with van der Waals surface area (Å²) in [6.07, 6.45) is 7.01. The molecule has 0 N–H and O–H groups in total. The van der Waals surface area contributed by atoms with E-state index in [1.807, 2.05) is 0 Å². The van der Waals surface area contributed by atoms with Gasteiger partial charge in [-0.05, 0) is 155 Å². The maximum Gasteiger partial charge on any atom is 0.0542 e. The van der Waals surface area contributed by atoms with Crippen LogP contribution in [0.4, 0.5) is 17.1 Å². The summed E-state index contributed by atoms with van der Waals surface area (Å²) in [5.41, 5.74) is 17.6. The average Bonchev–Trinajstić information content (AvgIpc) is 3.73. The third kappa shape index (κ3) is 4.90. The van der Waals surface area contributed by atoms with Gasteiger partial charge in [-0.1, -0.05) is 124 Å². The van der Waals surface area contributed by atoms with Gasteiger partial charge in [0, 0.05) is 38.8 Å². The van der Waals surface area contributed by atoms with E-state index in [0.717, 1.165) is 35.0 Å². The second kappa shape index (κ2) is 12.6. The molecular formula is C56H50N2. The molecule has 5 aliphatic rings. The van der Waals surface area contributed by atoms with Crippen LogP contribution in [-0.2, 0) is 10.8 Å². The van der Waals surface area contributed by atoms with E-state index in [0.29, 0.717) is 0 Å². The molecule has 4 fully saturated rings. The molecule has 1 aromatic heterocycles. The maximum absolute atomic E-state index is 2.66. The number of anilines is 3. The minimum atomic E-state index is 0.0986. The SMILES string of the molecule is CC(C)(C)c1ccc2c(c1)C1(c3cc(-c4ccccc4N(c4ccccc4)c4ccc5c(c4)c4ccccc4n5-c4ccccc4)ccc3-2)C2CC3CC(C2)CC1C3. The van der Waals surface area contributed by atoms with Crippen LogP contribution in [0.15, 0.2) is 164 Å². The van der Waals surface area contributed by atoms with E-state index >= 15 is 0 Å². The largest absolute Gasteiger partial charge is 0.310 e. The van der Waals surface area contributed by atoms with E-state index in [9.17, 15) is 0 Å². The number of rotatable bonds is 5. The summed E-state index contributed by atoms with van der Waals surface area (Å²) in [6.45, 7) is 7.15. The fourth-order valence-corrected chi connectivity index (χ4v) is 12.7. The molecule has 58 heavy (non-hydrogen) atoms. The van der Waals surface area contributed by atoms with Gasteiger partial charge in [-0.15, -0.1) is 0 Å². The fourth-order valence-electron chi connectivity index (χ4n) is 12.7. The van der Waals surface area contributed by atoms with Crippen LogP contribution in [0, 0.1) is 23.7 Å². The van der Waals surface area contributed by atoms with Crippen molar-refractivity contribution >= 4 is 38.9 Å². The van der Waals surface area contributed by atoms with Gasteiger partial charge in [-0.2, -0.15) is 0 Å². The predicted molar refractivity (Wildman–Crippen MR) is 243 cm³/mol. The second-order valence-electron chi connectivity index (χ2n) is 19.0. The van der Waals surface area contributed by atoms with Gasteiger partial charge < -0.3 is 9.47 Å². The number of fused-ring (bicyclic) bond motifs is 6. The van der Waals surface area contributed by atoms with Crippen molar-refractivity contribution in [1.82, 2.24) is 4.57 Å². The highest BCUT2D eigenvalue weighted by atomic mass is 15.1. The Morgan fingerprint density at radius 3 is 1.86 bits per heavy atom. The van der Waals surface area contributed by atoms with Crippen molar-refractivity contribution in [3.8, 4) is 27.9 Å². The molecule has 0 atom stereocenters. The number of para-hydroxylation sites is 4. The Labute approximate surface area is 342 Å². The van der Waals surface area contributed by atoms with E-state index in [1.54, 1.807) is 11.1 Å². The van der Waals surface area contributed by atoms with Crippen molar-refractivity contribution in [1.29, 1.82) is 0 Å². The first-order valence-corrected chi connectivity index (χ1v) is 21.7. The zero-order valence-corrected chi connectivity index (χ0v) is 33.8. The molecule has 0 aliphatic heterocycles. The number of hydrogen-bond donors (Lipinski definition) is 0. The molecule has 284 valence electrons. The van der Waals surface area contributed by atoms with E-state index in [4.69, 9.17) is 0 Å². The summed E-state index contributed by atoms with van der Waals surface area (Å²) >= 11 is 0. The number of hydrogen-bond acceptors (Lipinski definition) is 1. The van der Waals surface area contributed by atoms with E-state index in [-0.39, 0.29) is 10.8 Å². The number of nitrogens with zero attached hydrogens (tertiary/aromatic N) is 2. The van der Waals surface area contributed by atoms with Gasteiger partial charge in [0.15, 0.2) is 0 Å². The van der Waals surface area contributed by atoms with Crippen molar-refractivity contribution in [2.45, 2.75) is 63.7 Å². The first kappa shape index (κ1) is 34.2. The molecule has 4 saturated carbocycles. The molecule has 4 bridgehead atoms. The lowest BCUT2D eigenvalue weighted by molar-refractivity contribution is -0.0399. The molecule has 13 rings (SSSR count). The first-order valence-electron chi connectivity index (χ1n) is 21.7. The van der Waals surface area contributed by atoms with E-state index in [1.165, 1.54) is 93.1 Å². The topological polar surface area (TPSA) is 8.17 Å². The van der Waals surface area contributed by atoms with E-state index in [2.05, 4.69) is 194 Å². The van der Waals surface area contributed by atoms with Gasteiger partial charge in [0.1, 0.15) is 0 Å². The Morgan fingerprint density at radius 1 is 0.500 bits per heavy atom. The van der Waals surface area contributed by atoms with Crippen molar-refractivity contribution in [2.24, 2.45) is 23.7 Å². The molecular weight excluding hydrogens is 701 g/mol. The Bertz CT molecular complexity index is 2860. The van der Waals surface area contributed by atoms with Gasteiger partial charge in [-0.3, -0.25) is 0 Å². The molecule has 2 nitrogen and oxygen atoms in total. The van der Waals surface area contributed by atoms with Crippen LogP contribution in [0.1, 0.15) is 69.6 Å². The van der Waals surface area contributed by atoms with Gasteiger partial charge in [0.25, 0.3) is 0 Å². The maximum atomic E-state index is 2.66. The monoisotopic (exact) mass is 750 g/mol. The van der Waals surface area contributed by atoms with Crippen LogP contribution >= 0.6 is 0 Å². The van der Waals surface area contributed by atoms with Gasteiger partial charge in [0.05, 0.1) is 16.7 Å². The van der Waals surface area contributed by atoms with Gasteiger partial charge in [-0.25, -0.2) is 0 Å². The highest BCUT2D eigenvalue weighted by molar-refractivity contribution is 6.11. The Hall–Kier alpha value is -5.86. The molecule has 0 unspecified atom stereocenters.